The second kappa shape index (κ2) is 7.12. The number of ether oxygens (including phenoxy) is 1. The van der Waals surface area contributed by atoms with Crippen LogP contribution in [0.15, 0.2) is 70.7 Å². The molecule has 4 rings (SSSR count). The Balaban J connectivity index is 1.44. The topological polar surface area (TPSA) is 125 Å². The van der Waals surface area contributed by atoms with Crippen LogP contribution in [-0.2, 0) is 10.0 Å². The lowest BCUT2D eigenvalue weighted by Gasteiger charge is -2.08. The van der Waals surface area contributed by atoms with Crippen LogP contribution < -0.4 is 9.46 Å². The van der Waals surface area contributed by atoms with Crippen molar-refractivity contribution in [3.8, 4) is 17.4 Å². The van der Waals surface area contributed by atoms with Gasteiger partial charge in [-0.15, -0.1) is 10.2 Å². The predicted octanol–water partition coefficient (Wildman–Crippen LogP) is 2.55. The third-order valence-electron chi connectivity index (χ3n) is 3.75. The highest BCUT2D eigenvalue weighted by Gasteiger charge is 2.16. The van der Waals surface area contributed by atoms with Gasteiger partial charge in [-0.1, -0.05) is 5.16 Å². The normalized spacial score (nSPS) is 11.3. The van der Waals surface area contributed by atoms with Gasteiger partial charge in [-0.05, 0) is 37.3 Å². The molecule has 0 aliphatic rings. The SMILES string of the molecule is Cc1nccn1-c1ccc(Oc2ccc(NS(=O)(=O)c3cnoc3)cc2)nn1. The number of sulfonamides is 1. The summed E-state index contributed by atoms with van der Waals surface area (Å²) in [6.45, 7) is 1.87. The van der Waals surface area contributed by atoms with Gasteiger partial charge in [0.05, 0.1) is 6.20 Å². The molecule has 1 N–H and O–H groups in total. The fourth-order valence-corrected chi connectivity index (χ4v) is 3.29. The molecule has 0 atom stereocenters. The van der Waals surface area contributed by atoms with Crippen LogP contribution >= 0.6 is 0 Å². The Morgan fingerprint density at radius 2 is 1.93 bits per heavy atom. The van der Waals surface area contributed by atoms with Crippen molar-refractivity contribution in [1.82, 2.24) is 24.9 Å². The number of rotatable bonds is 6. The number of nitrogens with one attached hydrogen (secondary N) is 1. The molecule has 0 radical (unpaired) electrons. The van der Waals surface area contributed by atoms with Crippen molar-refractivity contribution in [3.63, 3.8) is 0 Å². The van der Waals surface area contributed by atoms with Gasteiger partial charge in [0, 0.05) is 24.1 Å². The second-order valence-corrected chi connectivity index (χ2v) is 7.35. The van der Waals surface area contributed by atoms with E-state index in [4.69, 9.17) is 4.74 Å². The Labute approximate surface area is 159 Å². The molecule has 142 valence electrons. The first-order valence-electron chi connectivity index (χ1n) is 8.05. The minimum atomic E-state index is -3.75. The van der Waals surface area contributed by atoms with Gasteiger partial charge in [-0.2, -0.15) is 0 Å². The van der Waals surface area contributed by atoms with E-state index in [2.05, 4.69) is 29.6 Å². The van der Waals surface area contributed by atoms with Crippen molar-refractivity contribution >= 4 is 15.7 Å². The predicted molar refractivity (Wildman–Crippen MR) is 97.7 cm³/mol. The van der Waals surface area contributed by atoms with Crippen LogP contribution in [0.1, 0.15) is 5.82 Å². The average molecular weight is 398 g/mol. The molecule has 0 aliphatic heterocycles. The zero-order valence-corrected chi connectivity index (χ0v) is 15.4. The fraction of sp³-hybridized carbons (Fsp3) is 0.0588. The Hall–Kier alpha value is -3.73. The molecule has 3 heterocycles. The van der Waals surface area contributed by atoms with E-state index in [0.29, 0.717) is 23.1 Å². The standard InChI is InChI=1S/C17H14N6O4S/c1-12-18-8-9-23(12)16-6-7-17(21-20-16)27-14-4-2-13(3-5-14)22-28(24,25)15-10-19-26-11-15/h2-11,22H,1H3. The van der Waals surface area contributed by atoms with Crippen LogP contribution in [0, 0.1) is 6.92 Å². The van der Waals surface area contributed by atoms with Gasteiger partial charge in [0.25, 0.3) is 10.0 Å². The number of nitrogens with zero attached hydrogens (tertiary/aromatic N) is 5. The first kappa shape index (κ1) is 17.7. The average Bonchev–Trinajstić information content (AvgIpc) is 3.36. The summed E-state index contributed by atoms with van der Waals surface area (Å²) in [5.74, 6) is 2.21. The molecule has 3 aromatic heterocycles. The van der Waals surface area contributed by atoms with Gasteiger partial charge >= 0.3 is 0 Å². The summed E-state index contributed by atoms with van der Waals surface area (Å²) < 4.78 is 38.7. The van der Waals surface area contributed by atoms with Crippen LogP contribution in [0.25, 0.3) is 5.82 Å². The van der Waals surface area contributed by atoms with Gasteiger partial charge in [0.15, 0.2) is 5.82 Å². The van der Waals surface area contributed by atoms with Crippen molar-refractivity contribution in [2.24, 2.45) is 0 Å². The summed E-state index contributed by atoms with van der Waals surface area (Å²) >= 11 is 0. The molecular weight excluding hydrogens is 384 g/mol. The number of hydrogen-bond donors (Lipinski definition) is 1. The summed E-state index contributed by atoms with van der Waals surface area (Å²) in [6, 6.07) is 9.80. The van der Waals surface area contributed by atoms with Gasteiger partial charge < -0.3 is 9.26 Å². The first-order valence-corrected chi connectivity index (χ1v) is 9.54. The van der Waals surface area contributed by atoms with Gasteiger partial charge in [0.2, 0.25) is 5.88 Å². The van der Waals surface area contributed by atoms with Crippen LogP contribution in [-0.4, -0.2) is 33.3 Å². The lowest BCUT2D eigenvalue weighted by Crippen LogP contribution is -2.11. The van der Waals surface area contributed by atoms with Gasteiger partial charge in [-0.3, -0.25) is 9.29 Å². The minimum Gasteiger partial charge on any atom is -0.438 e. The number of hydrogen-bond acceptors (Lipinski definition) is 8. The third-order valence-corrected chi connectivity index (χ3v) is 5.07. The molecule has 0 saturated carbocycles. The number of anilines is 1. The largest absolute Gasteiger partial charge is 0.438 e. The Morgan fingerprint density at radius 3 is 2.54 bits per heavy atom. The van der Waals surface area contributed by atoms with E-state index in [1.807, 2.05) is 6.92 Å². The summed E-state index contributed by atoms with van der Waals surface area (Å²) in [4.78, 5) is 4.08. The van der Waals surface area contributed by atoms with E-state index in [9.17, 15) is 8.42 Å². The van der Waals surface area contributed by atoms with E-state index in [1.54, 1.807) is 53.4 Å². The van der Waals surface area contributed by atoms with Crippen LogP contribution in [0.5, 0.6) is 11.6 Å². The minimum absolute atomic E-state index is 0.0590. The first-order chi connectivity index (χ1) is 13.5. The van der Waals surface area contributed by atoms with Gasteiger partial charge in [0.1, 0.15) is 22.7 Å². The van der Waals surface area contributed by atoms with Crippen molar-refractivity contribution in [1.29, 1.82) is 0 Å². The van der Waals surface area contributed by atoms with Crippen LogP contribution in [0.4, 0.5) is 5.69 Å². The number of imidazole rings is 1. The van der Waals surface area contributed by atoms with E-state index < -0.39 is 10.0 Å². The van der Waals surface area contributed by atoms with Crippen molar-refractivity contribution in [2.45, 2.75) is 11.8 Å². The van der Waals surface area contributed by atoms with Gasteiger partial charge in [-0.25, -0.2) is 13.4 Å². The zero-order valence-electron chi connectivity index (χ0n) is 14.6. The molecule has 0 fully saturated rings. The summed E-state index contributed by atoms with van der Waals surface area (Å²) in [5.41, 5.74) is 0.366. The van der Waals surface area contributed by atoms with Crippen molar-refractivity contribution in [3.05, 3.63) is 67.1 Å². The van der Waals surface area contributed by atoms with Crippen molar-refractivity contribution < 1.29 is 17.7 Å². The molecule has 28 heavy (non-hydrogen) atoms. The molecule has 1 aromatic carbocycles. The Bertz CT molecular complexity index is 1170. The summed E-state index contributed by atoms with van der Waals surface area (Å²) in [6.07, 6.45) is 5.64. The molecule has 0 spiro atoms. The number of aryl methyl sites for hydroxylation is 1. The molecule has 4 aromatic rings. The molecule has 0 unspecified atom stereocenters. The van der Waals surface area contributed by atoms with E-state index in [-0.39, 0.29) is 4.90 Å². The van der Waals surface area contributed by atoms with E-state index >= 15 is 0 Å². The Kier molecular flexibility index (Phi) is 4.49. The summed E-state index contributed by atoms with van der Waals surface area (Å²) in [7, 11) is -3.75. The van der Waals surface area contributed by atoms with Crippen LogP contribution in [0.3, 0.4) is 0 Å². The Morgan fingerprint density at radius 1 is 1.11 bits per heavy atom. The highest BCUT2D eigenvalue weighted by molar-refractivity contribution is 7.92. The lowest BCUT2D eigenvalue weighted by atomic mass is 10.3. The maximum Gasteiger partial charge on any atom is 0.266 e. The monoisotopic (exact) mass is 398 g/mol. The quantitative estimate of drug-likeness (QED) is 0.525. The second-order valence-electron chi connectivity index (χ2n) is 5.67. The highest BCUT2D eigenvalue weighted by Crippen LogP contribution is 2.23. The molecule has 10 nitrogen and oxygen atoms in total. The molecular formula is C17H14N6O4S. The number of aromatic nitrogens is 5. The van der Waals surface area contributed by atoms with Crippen molar-refractivity contribution in [2.75, 3.05) is 4.72 Å². The maximum atomic E-state index is 12.1. The van der Waals surface area contributed by atoms with E-state index in [1.165, 1.54) is 0 Å². The number of benzene rings is 1. The summed E-state index contributed by atoms with van der Waals surface area (Å²) in [5, 5.41) is 11.5. The molecule has 11 heteroatoms. The van der Waals surface area contributed by atoms with Crippen LogP contribution in [0.2, 0.25) is 0 Å². The molecule has 0 amide bonds. The maximum absolute atomic E-state index is 12.1. The highest BCUT2D eigenvalue weighted by atomic mass is 32.2. The van der Waals surface area contributed by atoms with E-state index in [0.717, 1.165) is 18.3 Å². The zero-order chi connectivity index (χ0) is 19.6. The molecule has 0 bridgehead atoms. The lowest BCUT2D eigenvalue weighted by molar-refractivity contribution is 0.417. The smallest absolute Gasteiger partial charge is 0.266 e. The molecule has 0 aliphatic carbocycles. The molecule has 0 saturated heterocycles. The fourth-order valence-electron chi connectivity index (χ4n) is 2.37. The third kappa shape index (κ3) is 3.69.